The molecule has 0 aromatic heterocycles. The molecule has 1 aromatic carbocycles. The second-order valence-electron chi connectivity index (χ2n) is 5.27. The summed E-state index contributed by atoms with van der Waals surface area (Å²) in [5.74, 6) is 3.86. The Kier molecular flexibility index (Phi) is 5.24. The maximum absolute atomic E-state index is 10.0. The van der Waals surface area contributed by atoms with E-state index in [0.29, 0.717) is 19.8 Å². The number of ether oxygens (including phenoxy) is 3. The van der Waals surface area contributed by atoms with Crippen molar-refractivity contribution in [1.29, 1.82) is 0 Å². The number of thioether (sulfide) groups is 1. The Morgan fingerprint density at radius 2 is 2.05 bits per heavy atom. The first-order valence-electron chi connectivity index (χ1n) is 7.26. The molecule has 1 saturated heterocycles. The summed E-state index contributed by atoms with van der Waals surface area (Å²) in [6.45, 7) is 3.93. The first-order valence-corrected chi connectivity index (χ1v) is 8.41. The number of nitrogens with zero attached hydrogens (tertiary/aromatic N) is 1. The maximum Gasteiger partial charge on any atom is 0.231 e. The van der Waals surface area contributed by atoms with Crippen LogP contribution < -0.4 is 9.47 Å². The number of aliphatic hydroxyl groups excluding tert-OH is 1. The summed E-state index contributed by atoms with van der Waals surface area (Å²) in [6, 6.07) is 5.78. The third-order valence-electron chi connectivity index (χ3n) is 3.59. The Balaban J connectivity index is 1.39. The fourth-order valence-corrected chi connectivity index (χ4v) is 3.46. The van der Waals surface area contributed by atoms with Gasteiger partial charge in [0.2, 0.25) is 6.79 Å². The molecule has 21 heavy (non-hydrogen) atoms. The lowest BCUT2D eigenvalue weighted by Crippen LogP contribution is -2.39. The SMILES string of the molecule is O[C@@H](COCc1ccc2c(c1)OCO2)CN1CCSCC1. The van der Waals surface area contributed by atoms with Crippen molar-refractivity contribution in [2.45, 2.75) is 12.7 Å². The van der Waals surface area contributed by atoms with Crippen molar-refractivity contribution >= 4 is 11.8 Å². The number of rotatable bonds is 6. The van der Waals surface area contributed by atoms with Gasteiger partial charge in [-0.25, -0.2) is 0 Å². The molecule has 2 aliphatic heterocycles. The number of benzene rings is 1. The molecule has 5 nitrogen and oxygen atoms in total. The summed E-state index contributed by atoms with van der Waals surface area (Å²) in [5, 5.41) is 10.0. The zero-order valence-corrected chi connectivity index (χ0v) is 12.8. The number of hydrogen-bond acceptors (Lipinski definition) is 6. The fraction of sp³-hybridized carbons (Fsp3) is 0.600. The van der Waals surface area contributed by atoms with Gasteiger partial charge in [-0.05, 0) is 17.7 Å². The van der Waals surface area contributed by atoms with Crippen molar-refractivity contribution in [3.63, 3.8) is 0 Å². The Labute approximate surface area is 129 Å². The van der Waals surface area contributed by atoms with Crippen LogP contribution in [0.4, 0.5) is 0 Å². The van der Waals surface area contributed by atoms with Crippen LogP contribution >= 0.6 is 11.8 Å². The van der Waals surface area contributed by atoms with Crippen LogP contribution in [0.3, 0.4) is 0 Å². The summed E-state index contributed by atoms with van der Waals surface area (Å²) >= 11 is 1.97. The van der Waals surface area contributed by atoms with Crippen LogP contribution in [0.15, 0.2) is 18.2 Å². The van der Waals surface area contributed by atoms with Gasteiger partial charge in [0, 0.05) is 31.1 Å². The van der Waals surface area contributed by atoms with E-state index in [0.717, 1.165) is 41.7 Å². The topological polar surface area (TPSA) is 51.2 Å². The third-order valence-corrected chi connectivity index (χ3v) is 4.53. The van der Waals surface area contributed by atoms with E-state index in [4.69, 9.17) is 14.2 Å². The number of β-amino-alcohol motifs (C(OH)–C–C–N with tert-alkyl or cyclic N) is 1. The Bertz CT molecular complexity index is 465. The summed E-state index contributed by atoms with van der Waals surface area (Å²) in [6.07, 6.45) is -0.429. The van der Waals surface area contributed by atoms with Crippen molar-refractivity contribution in [3.05, 3.63) is 23.8 Å². The molecule has 0 radical (unpaired) electrons. The second kappa shape index (κ2) is 7.35. The largest absolute Gasteiger partial charge is 0.454 e. The van der Waals surface area contributed by atoms with E-state index in [9.17, 15) is 5.11 Å². The van der Waals surface area contributed by atoms with Gasteiger partial charge in [0.05, 0.1) is 19.3 Å². The Hall–Kier alpha value is -0.950. The normalized spacial score (nSPS) is 19.7. The van der Waals surface area contributed by atoms with Crippen LogP contribution in [0.1, 0.15) is 5.56 Å². The summed E-state index contributed by atoms with van der Waals surface area (Å²) < 4.78 is 16.2. The van der Waals surface area contributed by atoms with E-state index >= 15 is 0 Å². The van der Waals surface area contributed by atoms with Gasteiger partial charge in [-0.15, -0.1) is 0 Å². The molecule has 1 atom stereocenters. The first kappa shape index (κ1) is 15.0. The minimum Gasteiger partial charge on any atom is -0.454 e. The average molecular weight is 311 g/mol. The minimum atomic E-state index is -0.429. The predicted molar refractivity (Wildman–Crippen MR) is 82.0 cm³/mol. The van der Waals surface area contributed by atoms with Crippen LogP contribution in [-0.4, -0.2) is 60.7 Å². The van der Waals surface area contributed by atoms with Gasteiger partial charge in [-0.3, -0.25) is 4.90 Å². The monoisotopic (exact) mass is 311 g/mol. The molecule has 3 rings (SSSR count). The maximum atomic E-state index is 10.0. The van der Waals surface area contributed by atoms with E-state index < -0.39 is 6.10 Å². The van der Waals surface area contributed by atoms with Gasteiger partial charge in [0.15, 0.2) is 11.5 Å². The Morgan fingerprint density at radius 1 is 1.24 bits per heavy atom. The standard InChI is InChI=1S/C15H21NO4S/c17-13(8-16-3-5-21-6-4-16)10-18-9-12-1-2-14-15(7-12)20-11-19-14/h1-2,7,13,17H,3-6,8-11H2/t13-/m1/s1. The molecule has 1 N–H and O–H groups in total. The van der Waals surface area contributed by atoms with Gasteiger partial charge in [0.25, 0.3) is 0 Å². The molecule has 0 spiro atoms. The number of fused-ring (bicyclic) bond motifs is 1. The van der Waals surface area contributed by atoms with Crippen molar-refractivity contribution in [2.24, 2.45) is 0 Å². The van der Waals surface area contributed by atoms with Crippen LogP contribution in [-0.2, 0) is 11.3 Å². The first-order chi connectivity index (χ1) is 10.3. The zero-order valence-electron chi connectivity index (χ0n) is 12.0. The van der Waals surface area contributed by atoms with Crippen LogP contribution in [0.5, 0.6) is 11.5 Å². The van der Waals surface area contributed by atoms with Crippen LogP contribution in [0, 0.1) is 0 Å². The predicted octanol–water partition coefficient (Wildman–Crippen LogP) is 1.34. The lowest BCUT2D eigenvalue weighted by Gasteiger charge is -2.28. The number of hydrogen-bond donors (Lipinski definition) is 1. The zero-order chi connectivity index (χ0) is 14.5. The summed E-state index contributed by atoms with van der Waals surface area (Å²) in [7, 11) is 0. The highest BCUT2D eigenvalue weighted by Crippen LogP contribution is 2.32. The van der Waals surface area contributed by atoms with E-state index in [2.05, 4.69) is 4.90 Å². The minimum absolute atomic E-state index is 0.284. The molecule has 2 heterocycles. The van der Waals surface area contributed by atoms with Crippen molar-refractivity contribution in [1.82, 2.24) is 4.90 Å². The highest BCUT2D eigenvalue weighted by Gasteiger charge is 2.16. The molecular formula is C15H21NO4S. The molecule has 1 aromatic rings. The lowest BCUT2D eigenvalue weighted by molar-refractivity contribution is 0.0114. The lowest BCUT2D eigenvalue weighted by atomic mass is 10.2. The molecular weight excluding hydrogens is 290 g/mol. The van der Waals surface area contributed by atoms with Gasteiger partial charge < -0.3 is 19.3 Å². The van der Waals surface area contributed by atoms with Crippen molar-refractivity contribution in [2.75, 3.05) is 44.5 Å². The van der Waals surface area contributed by atoms with E-state index in [1.807, 2.05) is 30.0 Å². The molecule has 6 heteroatoms. The van der Waals surface area contributed by atoms with Gasteiger partial charge in [-0.2, -0.15) is 11.8 Å². The molecule has 0 amide bonds. The van der Waals surface area contributed by atoms with Crippen LogP contribution in [0.2, 0.25) is 0 Å². The molecule has 2 aliphatic rings. The molecule has 0 bridgehead atoms. The smallest absolute Gasteiger partial charge is 0.231 e. The Morgan fingerprint density at radius 3 is 2.90 bits per heavy atom. The van der Waals surface area contributed by atoms with Gasteiger partial charge >= 0.3 is 0 Å². The second-order valence-corrected chi connectivity index (χ2v) is 6.49. The molecule has 1 fully saturated rings. The highest BCUT2D eigenvalue weighted by molar-refractivity contribution is 7.99. The molecule has 0 saturated carbocycles. The van der Waals surface area contributed by atoms with E-state index in [1.165, 1.54) is 0 Å². The van der Waals surface area contributed by atoms with Crippen molar-refractivity contribution < 1.29 is 19.3 Å². The fourth-order valence-electron chi connectivity index (χ4n) is 2.48. The summed E-state index contributed by atoms with van der Waals surface area (Å²) in [5.41, 5.74) is 1.03. The van der Waals surface area contributed by atoms with Gasteiger partial charge in [-0.1, -0.05) is 6.07 Å². The average Bonchev–Trinajstić information content (AvgIpc) is 2.96. The molecule has 0 unspecified atom stereocenters. The third kappa shape index (κ3) is 4.26. The molecule has 116 valence electrons. The van der Waals surface area contributed by atoms with Gasteiger partial charge in [0.1, 0.15) is 0 Å². The van der Waals surface area contributed by atoms with E-state index in [1.54, 1.807) is 0 Å². The van der Waals surface area contributed by atoms with Crippen molar-refractivity contribution in [3.8, 4) is 11.5 Å². The number of aliphatic hydroxyl groups is 1. The molecule has 0 aliphatic carbocycles. The highest BCUT2D eigenvalue weighted by atomic mass is 32.2. The van der Waals surface area contributed by atoms with E-state index in [-0.39, 0.29) is 6.79 Å². The summed E-state index contributed by atoms with van der Waals surface area (Å²) in [4.78, 5) is 2.30. The van der Waals surface area contributed by atoms with Crippen LogP contribution in [0.25, 0.3) is 0 Å². The quantitative estimate of drug-likeness (QED) is 0.856.